The maximum atomic E-state index is 9.02. The molecule has 0 spiro atoms. The minimum atomic E-state index is -0.837. The Bertz CT molecular complexity index is 360. The van der Waals surface area contributed by atoms with Gasteiger partial charge in [0.2, 0.25) is 0 Å². The van der Waals surface area contributed by atoms with Crippen molar-refractivity contribution in [1.29, 1.82) is 0 Å². The number of halogens is 2. The second kappa shape index (κ2) is 14.1. The van der Waals surface area contributed by atoms with E-state index in [1.165, 1.54) is 0 Å². The molecule has 1 fully saturated rings. The van der Waals surface area contributed by atoms with Crippen LogP contribution in [-0.2, 0) is 14.4 Å². The predicted molar refractivity (Wildman–Crippen MR) is 90.8 cm³/mol. The zero-order valence-corrected chi connectivity index (χ0v) is 15.8. The Morgan fingerprint density at radius 1 is 0.880 bits per heavy atom. The normalized spacial score (nSPS) is 16.6. The van der Waals surface area contributed by atoms with Crippen molar-refractivity contribution in [3.05, 3.63) is 0 Å². The van der Waals surface area contributed by atoms with Crippen LogP contribution in [0.3, 0.4) is 0 Å². The van der Waals surface area contributed by atoms with Gasteiger partial charge >= 0.3 is 0 Å². The van der Waals surface area contributed by atoms with E-state index in [9.17, 15) is 0 Å². The molecule has 0 aromatic heterocycles. The van der Waals surface area contributed by atoms with E-state index in [0.29, 0.717) is 12.8 Å². The number of hydrogen-bond acceptors (Lipinski definition) is 6. The lowest BCUT2D eigenvalue weighted by atomic mass is 9.85. The van der Waals surface area contributed by atoms with Crippen molar-refractivity contribution in [2.45, 2.75) is 37.9 Å². The van der Waals surface area contributed by atoms with Crippen LogP contribution in [0.15, 0.2) is 0 Å². The maximum absolute atomic E-state index is 9.02. The van der Waals surface area contributed by atoms with Gasteiger partial charge in [0.1, 0.15) is 4.33 Å². The standard InChI is InChI=1S/C8H14Cl2O3.3C2H4O2/c9-8(10)2-6(8)1-7(3-11,4-12)5-13;3*1-2(3)4/h6,11-13H,1-5H2;3*1H3,(H,3,4). The van der Waals surface area contributed by atoms with Crippen LogP contribution in [0.4, 0.5) is 0 Å². The minimum Gasteiger partial charge on any atom is -0.481 e. The summed E-state index contributed by atoms with van der Waals surface area (Å²) in [7, 11) is 0. The van der Waals surface area contributed by atoms with E-state index in [0.717, 1.165) is 20.8 Å². The molecule has 1 aliphatic carbocycles. The molecular formula is C14H26Cl2O9. The summed E-state index contributed by atoms with van der Waals surface area (Å²) in [5.41, 5.74) is -0.837. The topological polar surface area (TPSA) is 173 Å². The zero-order valence-electron chi connectivity index (χ0n) is 14.3. The van der Waals surface area contributed by atoms with Crippen molar-refractivity contribution in [1.82, 2.24) is 0 Å². The summed E-state index contributed by atoms with van der Waals surface area (Å²) < 4.78 is -0.717. The summed E-state index contributed by atoms with van der Waals surface area (Å²) >= 11 is 11.6. The van der Waals surface area contributed by atoms with Crippen LogP contribution in [0, 0.1) is 11.3 Å². The molecule has 0 aromatic carbocycles. The van der Waals surface area contributed by atoms with Crippen molar-refractivity contribution >= 4 is 41.1 Å². The Kier molecular flexibility index (Phi) is 16.1. The summed E-state index contributed by atoms with van der Waals surface area (Å²) in [4.78, 5) is 27.0. The van der Waals surface area contributed by atoms with Crippen molar-refractivity contribution in [3.8, 4) is 0 Å². The van der Waals surface area contributed by atoms with Crippen LogP contribution >= 0.6 is 23.2 Å². The van der Waals surface area contributed by atoms with E-state index in [2.05, 4.69) is 0 Å². The van der Waals surface area contributed by atoms with Crippen molar-refractivity contribution in [3.63, 3.8) is 0 Å². The Morgan fingerprint density at radius 3 is 1.20 bits per heavy atom. The maximum Gasteiger partial charge on any atom is 0.300 e. The van der Waals surface area contributed by atoms with E-state index in [1.54, 1.807) is 0 Å². The van der Waals surface area contributed by atoms with Gasteiger partial charge in [0, 0.05) is 26.2 Å². The van der Waals surface area contributed by atoms with Crippen LogP contribution in [0.25, 0.3) is 0 Å². The third kappa shape index (κ3) is 20.8. The Morgan fingerprint density at radius 2 is 1.08 bits per heavy atom. The number of rotatable bonds is 5. The van der Waals surface area contributed by atoms with Gasteiger partial charge in [-0.05, 0) is 18.8 Å². The van der Waals surface area contributed by atoms with Gasteiger partial charge in [0.05, 0.1) is 19.8 Å². The largest absolute Gasteiger partial charge is 0.481 e. The quantitative estimate of drug-likeness (QED) is 0.359. The monoisotopic (exact) mass is 408 g/mol. The van der Waals surface area contributed by atoms with Crippen LogP contribution in [0.2, 0.25) is 0 Å². The summed E-state index contributed by atoms with van der Waals surface area (Å²) in [6.07, 6.45) is 1.13. The van der Waals surface area contributed by atoms with E-state index in [-0.39, 0.29) is 25.7 Å². The molecule has 1 atom stereocenters. The first-order valence-electron chi connectivity index (χ1n) is 6.98. The fourth-order valence-electron chi connectivity index (χ4n) is 1.36. The number of aliphatic carboxylic acids is 3. The fraction of sp³-hybridized carbons (Fsp3) is 0.786. The van der Waals surface area contributed by atoms with E-state index in [1.807, 2.05) is 0 Å². The molecule has 0 aromatic rings. The predicted octanol–water partition coefficient (Wildman–Crippen LogP) is 0.806. The van der Waals surface area contributed by atoms with Gasteiger partial charge in [-0.1, -0.05) is 0 Å². The molecule has 1 unspecified atom stereocenters. The fourth-order valence-corrected chi connectivity index (χ4v) is 1.88. The molecule has 0 saturated heterocycles. The molecule has 9 nitrogen and oxygen atoms in total. The number of alkyl halides is 2. The van der Waals surface area contributed by atoms with Crippen LogP contribution in [0.1, 0.15) is 33.6 Å². The second-order valence-electron chi connectivity index (χ2n) is 5.40. The van der Waals surface area contributed by atoms with Gasteiger partial charge in [-0.15, -0.1) is 23.2 Å². The van der Waals surface area contributed by atoms with Gasteiger partial charge in [-0.25, -0.2) is 0 Å². The molecule has 1 aliphatic rings. The first-order valence-corrected chi connectivity index (χ1v) is 7.74. The van der Waals surface area contributed by atoms with Crippen LogP contribution in [0.5, 0.6) is 0 Å². The lowest BCUT2D eigenvalue weighted by Crippen LogP contribution is -2.34. The lowest BCUT2D eigenvalue weighted by molar-refractivity contribution is -0.135. The minimum absolute atomic E-state index is 0.0716. The summed E-state index contributed by atoms with van der Waals surface area (Å²) in [5.74, 6) is -2.43. The number of carbonyl (C=O) groups is 3. The molecule has 25 heavy (non-hydrogen) atoms. The molecule has 6 N–H and O–H groups in total. The van der Waals surface area contributed by atoms with Gasteiger partial charge in [-0.3, -0.25) is 14.4 Å². The number of aliphatic hydroxyl groups excluding tert-OH is 3. The van der Waals surface area contributed by atoms with Crippen molar-refractivity contribution < 1.29 is 45.0 Å². The molecule has 0 aliphatic heterocycles. The second-order valence-corrected chi connectivity index (χ2v) is 6.94. The molecular weight excluding hydrogens is 383 g/mol. The first kappa shape index (κ1) is 28.7. The number of aliphatic hydroxyl groups is 3. The number of carboxylic acids is 3. The van der Waals surface area contributed by atoms with Crippen LogP contribution in [-0.4, -0.2) is 72.7 Å². The summed E-state index contributed by atoms with van der Waals surface area (Å²) in [6.45, 7) is 2.50. The molecule has 0 heterocycles. The molecule has 1 rings (SSSR count). The smallest absolute Gasteiger partial charge is 0.300 e. The molecule has 1 saturated carbocycles. The number of hydrogen-bond donors (Lipinski definition) is 6. The highest BCUT2D eigenvalue weighted by Gasteiger charge is 2.54. The summed E-state index contributed by atoms with van der Waals surface area (Å²) in [6, 6.07) is 0. The average molecular weight is 409 g/mol. The van der Waals surface area contributed by atoms with E-state index < -0.39 is 27.7 Å². The zero-order chi connectivity index (χ0) is 20.8. The van der Waals surface area contributed by atoms with Crippen molar-refractivity contribution in [2.24, 2.45) is 11.3 Å². The third-order valence-electron chi connectivity index (χ3n) is 2.64. The molecule has 0 bridgehead atoms. The highest BCUT2D eigenvalue weighted by Crippen LogP contribution is 2.57. The van der Waals surface area contributed by atoms with E-state index >= 15 is 0 Å². The Hall–Kier alpha value is -1.13. The first-order chi connectivity index (χ1) is 11.2. The highest BCUT2D eigenvalue weighted by molar-refractivity contribution is 6.50. The average Bonchev–Trinajstić information content (AvgIpc) is 3.01. The third-order valence-corrected chi connectivity index (χ3v) is 3.57. The Balaban J connectivity index is -0.000000333. The van der Waals surface area contributed by atoms with Gasteiger partial charge in [0.15, 0.2) is 0 Å². The summed E-state index contributed by atoms with van der Waals surface area (Å²) in [5, 5.41) is 49.3. The van der Waals surface area contributed by atoms with E-state index in [4.69, 9.17) is 68.2 Å². The lowest BCUT2D eigenvalue weighted by Gasteiger charge is -2.27. The highest BCUT2D eigenvalue weighted by atomic mass is 35.5. The van der Waals surface area contributed by atoms with Crippen molar-refractivity contribution in [2.75, 3.05) is 19.8 Å². The van der Waals surface area contributed by atoms with Gasteiger partial charge in [-0.2, -0.15) is 0 Å². The van der Waals surface area contributed by atoms with Gasteiger partial charge in [0.25, 0.3) is 17.9 Å². The SMILES string of the molecule is CC(=O)O.CC(=O)O.CC(=O)O.OCC(CO)(CO)CC1CC1(Cl)Cl. The van der Waals surface area contributed by atoms with Gasteiger partial charge < -0.3 is 30.6 Å². The molecule has 11 heteroatoms. The Labute approximate surface area is 155 Å². The number of carboxylic acid groups (broad SMARTS) is 3. The molecule has 0 amide bonds. The molecule has 0 radical (unpaired) electrons. The molecule has 150 valence electrons. The van der Waals surface area contributed by atoms with Crippen LogP contribution < -0.4 is 0 Å².